The van der Waals surface area contributed by atoms with Gasteiger partial charge in [0.2, 0.25) is 5.91 Å². The van der Waals surface area contributed by atoms with E-state index in [0.29, 0.717) is 6.07 Å². The molecule has 0 aliphatic rings. The molecule has 0 aliphatic heterocycles. The zero-order valence-electron chi connectivity index (χ0n) is 19.8. The number of carbonyl (C=O) groups excluding carboxylic acids is 1. The Bertz CT molecular complexity index is 1300. The molecule has 0 aromatic heterocycles. The van der Waals surface area contributed by atoms with E-state index < -0.39 is 26.8 Å². The monoisotopic (exact) mass is 517 g/mol. The molecule has 1 amide bonds. The third kappa shape index (κ3) is 7.21. The molecule has 0 radical (unpaired) electrons. The Hall–Kier alpha value is -3.59. The molecule has 3 rings (SSSR count). The molecule has 1 unspecified atom stereocenters. The molecule has 0 bridgehead atoms. The van der Waals surface area contributed by atoms with Crippen LogP contribution in [0.15, 0.2) is 89.8 Å². The van der Waals surface area contributed by atoms with E-state index in [0.717, 1.165) is 35.7 Å². The van der Waals surface area contributed by atoms with Crippen LogP contribution in [0.5, 0.6) is 5.75 Å². The zero-order valence-corrected chi connectivity index (χ0v) is 20.6. The summed E-state index contributed by atoms with van der Waals surface area (Å²) in [6, 6.07) is 18.8. The molecular formula is C27H26F3NO4S. The predicted octanol–water partition coefficient (Wildman–Crippen LogP) is 6.31. The zero-order chi connectivity index (χ0) is 26.3. The summed E-state index contributed by atoms with van der Waals surface area (Å²) in [6.45, 7) is 4.20. The average Bonchev–Trinajstić information content (AvgIpc) is 2.86. The van der Waals surface area contributed by atoms with Gasteiger partial charge in [0.15, 0.2) is 0 Å². The van der Waals surface area contributed by atoms with Crippen molar-refractivity contribution in [2.24, 2.45) is 0 Å². The normalized spacial score (nSPS) is 12.9. The smallest absolute Gasteiger partial charge is 0.379 e. The maximum Gasteiger partial charge on any atom is 0.416 e. The molecule has 0 N–H and O–H groups in total. The quantitative estimate of drug-likeness (QED) is 0.246. The van der Waals surface area contributed by atoms with Gasteiger partial charge in [-0.1, -0.05) is 55.5 Å². The van der Waals surface area contributed by atoms with Crippen LogP contribution >= 0.6 is 0 Å². The Balaban J connectivity index is 1.73. The minimum Gasteiger partial charge on any atom is -0.379 e. The number of carbonyl (C=O) groups is 1. The fourth-order valence-corrected chi connectivity index (χ4v) is 4.33. The third-order valence-corrected chi connectivity index (χ3v) is 6.80. The van der Waals surface area contributed by atoms with E-state index >= 15 is 0 Å². The third-order valence-electron chi connectivity index (χ3n) is 5.56. The van der Waals surface area contributed by atoms with Crippen LogP contribution in [0, 0.1) is 0 Å². The van der Waals surface area contributed by atoms with E-state index in [1.54, 1.807) is 23.1 Å². The maximum atomic E-state index is 12.9. The topological polar surface area (TPSA) is 63.7 Å². The number of rotatable bonds is 9. The molecule has 0 saturated heterocycles. The largest absolute Gasteiger partial charge is 0.416 e. The van der Waals surface area contributed by atoms with Gasteiger partial charge in [0.05, 0.1) is 5.56 Å². The van der Waals surface area contributed by atoms with Gasteiger partial charge in [-0.3, -0.25) is 4.79 Å². The molecule has 1 atom stereocenters. The number of amides is 1. The van der Waals surface area contributed by atoms with Crippen LogP contribution in [0.3, 0.4) is 0 Å². The number of hydrogen-bond acceptors (Lipinski definition) is 4. The summed E-state index contributed by atoms with van der Waals surface area (Å²) >= 11 is 0. The van der Waals surface area contributed by atoms with Gasteiger partial charge >= 0.3 is 16.3 Å². The molecule has 0 fully saturated rings. The Morgan fingerprint density at radius 2 is 1.67 bits per heavy atom. The molecule has 3 aromatic rings. The SMILES string of the molecule is CCC(C)N(Cc1ccc(OS(=O)(=O)c2cccc(C(F)(F)F)c2)cc1)C(=O)/C=C/c1ccccc1. The van der Waals surface area contributed by atoms with E-state index in [-0.39, 0.29) is 24.2 Å². The number of alkyl halides is 3. The second kappa shape index (κ2) is 11.4. The summed E-state index contributed by atoms with van der Waals surface area (Å²) in [4.78, 5) is 14.0. The lowest BCUT2D eigenvalue weighted by atomic mass is 10.1. The molecule has 3 aromatic carbocycles. The summed E-state index contributed by atoms with van der Waals surface area (Å²) in [5.74, 6) is -0.220. The van der Waals surface area contributed by atoms with Crippen LogP contribution < -0.4 is 4.18 Å². The highest BCUT2D eigenvalue weighted by atomic mass is 32.2. The van der Waals surface area contributed by atoms with E-state index in [1.165, 1.54) is 18.2 Å². The fraction of sp³-hybridized carbons (Fsp3) is 0.222. The van der Waals surface area contributed by atoms with Crippen LogP contribution in [-0.4, -0.2) is 25.3 Å². The average molecular weight is 518 g/mol. The molecule has 0 saturated carbocycles. The summed E-state index contributed by atoms with van der Waals surface area (Å²) in [7, 11) is -4.47. The van der Waals surface area contributed by atoms with Crippen molar-refractivity contribution in [1.82, 2.24) is 4.90 Å². The number of benzene rings is 3. The van der Waals surface area contributed by atoms with E-state index in [2.05, 4.69) is 0 Å². The number of hydrogen-bond donors (Lipinski definition) is 0. The van der Waals surface area contributed by atoms with Crippen molar-refractivity contribution in [2.75, 3.05) is 0 Å². The van der Waals surface area contributed by atoms with Gasteiger partial charge in [-0.2, -0.15) is 21.6 Å². The van der Waals surface area contributed by atoms with Gasteiger partial charge in [-0.25, -0.2) is 0 Å². The van der Waals surface area contributed by atoms with Gasteiger partial charge in [-0.15, -0.1) is 0 Å². The van der Waals surface area contributed by atoms with E-state index in [9.17, 15) is 26.4 Å². The van der Waals surface area contributed by atoms with Crippen molar-refractivity contribution in [3.8, 4) is 5.75 Å². The Labute approximate surface area is 209 Å². The van der Waals surface area contributed by atoms with Gasteiger partial charge < -0.3 is 9.08 Å². The maximum absolute atomic E-state index is 12.9. The minimum absolute atomic E-state index is 0.0462. The molecule has 0 aliphatic carbocycles. The standard InChI is InChI=1S/C27H26F3NO4S/c1-3-20(2)31(26(32)17-14-21-8-5-4-6-9-21)19-22-12-15-24(16-13-22)35-36(33,34)25-11-7-10-23(18-25)27(28,29)30/h4-18,20H,3,19H2,1-2H3/b17-14+. The molecular weight excluding hydrogens is 491 g/mol. The first kappa shape index (κ1) is 27.0. The van der Waals surface area contributed by atoms with Crippen molar-refractivity contribution >= 4 is 22.1 Å². The van der Waals surface area contributed by atoms with Crippen LogP contribution in [-0.2, 0) is 27.6 Å². The minimum atomic E-state index is -4.68. The summed E-state index contributed by atoms with van der Waals surface area (Å²) in [6.07, 6.45) is -0.683. The van der Waals surface area contributed by atoms with Gasteiger partial charge in [0.25, 0.3) is 0 Å². The molecule has 36 heavy (non-hydrogen) atoms. The second-order valence-corrected chi connectivity index (χ2v) is 9.72. The van der Waals surface area contributed by atoms with Crippen LogP contribution in [0.25, 0.3) is 6.08 Å². The highest BCUT2D eigenvalue weighted by Gasteiger charge is 2.32. The molecule has 0 heterocycles. The lowest BCUT2D eigenvalue weighted by Crippen LogP contribution is -2.36. The lowest BCUT2D eigenvalue weighted by molar-refractivity contribution is -0.137. The van der Waals surface area contributed by atoms with Crippen molar-refractivity contribution < 1.29 is 30.6 Å². The Morgan fingerprint density at radius 3 is 2.28 bits per heavy atom. The van der Waals surface area contributed by atoms with Crippen molar-refractivity contribution in [2.45, 2.75) is 43.9 Å². The Kier molecular flexibility index (Phi) is 8.57. The molecule has 9 heteroatoms. The first-order valence-electron chi connectivity index (χ1n) is 11.2. The van der Waals surface area contributed by atoms with E-state index in [1.807, 2.05) is 44.2 Å². The summed E-state index contributed by atoms with van der Waals surface area (Å²) < 4.78 is 68.8. The fourth-order valence-electron chi connectivity index (χ4n) is 3.35. The lowest BCUT2D eigenvalue weighted by Gasteiger charge is -2.27. The second-order valence-electron chi connectivity index (χ2n) is 8.17. The predicted molar refractivity (Wildman–Crippen MR) is 131 cm³/mol. The van der Waals surface area contributed by atoms with Gasteiger partial charge in [0.1, 0.15) is 10.6 Å². The molecule has 5 nitrogen and oxygen atoms in total. The van der Waals surface area contributed by atoms with Gasteiger partial charge in [0, 0.05) is 18.7 Å². The molecule has 0 spiro atoms. The van der Waals surface area contributed by atoms with Crippen molar-refractivity contribution in [3.05, 3.63) is 102 Å². The van der Waals surface area contributed by atoms with Crippen LogP contribution in [0.1, 0.15) is 37.0 Å². The van der Waals surface area contributed by atoms with Crippen molar-refractivity contribution in [3.63, 3.8) is 0 Å². The highest BCUT2D eigenvalue weighted by molar-refractivity contribution is 7.87. The molecule has 190 valence electrons. The first-order chi connectivity index (χ1) is 17.0. The van der Waals surface area contributed by atoms with Gasteiger partial charge in [-0.05, 0) is 60.9 Å². The summed E-state index contributed by atoms with van der Waals surface area (Å²) in [5, 5.41) is 0. The summed E-state index contributed by atoms with van der Waals surface area (Å²) in [5.41, 5.74) is 0.553. The number of halogens is 3. The van der Waals surface area contributed by atoms with Crippen LogP contribution in [0.4, 0.5) is 13.2 Å². The van der Waals surface area contributed by atoms with Crippen LogP contribution in [0.2, 0.25) is 0 Å². The van der Waals surface area contributed by atoms with E-state index in [4.69, 9.17) is 4.18 Å². The number of nitrogens with zero attached hydrogens (tertiary/aromatic N) is 1. The first-order valence-corrected chi connectivity index (χ1v) is 12.6. The highest BCUT2D eigenvalue weighted by Crippen LogP contribution is 2.31. The van der Waals surface area contributed by atoms with Crippen molar-refractivity contribution in [1.29, 1.82) is 0 Å². The Morgan fingerprint density at radius 1 is 1.00 bits per heavy atom.